The maximum atomic E-state index is 12.3. The van der Waals surface area contributed by atoms with Crippen LogP contribution in [0, 0.1) is 6.92 Å². The van der Waals surface area contributed by atoms with Gasteiger partial charge in [-0.15, -0.1) is 0 Å². The second-order valence-corrected chi connectivity index (χ2v) is 7.57. The molecule has 0 saturated carbocycles. The summed E-state index contributed by atoms with van der Waals surface area (Å²) in [6.07, 6.45) is 1.79. The minimum atomic E-state index is -0.636. The van der Waals surface area contributed by atoms with Crippen molar-refractivity contribution in [3.63, 3.8) is 0 Å². The normalized spacial score (nSPS) is 17.2. The van der Waals surface area contributed by atoms with Gasteiger partial charge < -0.3 is 20.3 Å². The molecule has 0 aliphatic carbocycles. The Morgan fingerprint density at radius 1 is 1.28 bits per heavy atom. The molecule has 0 radical (unpaired) electrons. The van der Waals surface area contributed by atoms with Gasteiger partial charge in [0.25, 0.3) is 5.91 Å². The van der Waals surface area contributed by atoms with E-state index in [4.69, 9.17) is 16.3 Å². The molecule has 1 fully saturated rings. The summed E-state index contributed by atoms with van der Waals surface area (Å²) in [6.45, 7) is 2.25. The number of rotatable bonds is 4. The van der Waals surface area contributed by atoms with Crippen LogP contribution in [0.2, 0.25) is 5.02 Å². The van der Waals surface area contributed by atoms with Crippen LogP contribution in [-0.4, -0.2) is 37.0 Å². The van der Waals surface area contributed by atoms with Gasteiger partial charge in [0.15, 0.2) is 6.61 Å². The van der Waals surface area contributed by atoms with Crippen molar-refractivity contribution < 1.29 is 19.1 Å². The minimum absolute atomic E-state index is 0.0587. The SMILES string of the molecule is Cc1ccc(NC(=O)COC(=O)c2ccc3c(c2)NC(=O)[C@@H]2CCCN32)cc1Cl. The number of nitrogens with zero attached hydrogens (tertiary/aromatic N) is 1. The maximum Gasteiger partial charge on any atom is 0.338 e. The van der Waals surface area contributed by atoms with Gasteiger partial charge in [0.05, 0.1) is 16.9 Å². The highest BCUT2D eigenvalue weighted by Crippen LogP contribution is 2.37. The zero-order chi connectivity index (χ0) is 20.5. The molecule has 2 heterocycles. The third-order valence-electron chi connectivity index (χ3n) is 5.14. The van der Waals surface area contributed by atoms with E-state index in [1.807, 2.05) is 6.92 Å². The van der Waals surface area contributed by atoms with Crippen LogP contribution in [0.1, 0.15) is 28.8 Å². The smallest absolute Gasteiger partial charge is 0.338 e. The van der Waals surface area contributed by atoms with Gasteiger partial charge in [-0.2, -0.15) is 0 Å². The van der Waals surface area contributed by atoms with E-state index in [1.54, 1.807) is 36.4 Å². The van der Waals surface area contributed by atoms with E-state index in [0.717, 1.165) is 30.6 Å². The van der Waals surface area contributed by atoms with Crippen molar-refractivity contribution in [2.75, 3.05) is 28.7 Å². The number of fused-ring (bicyclic) bond motifs is 3. The summed E-state index contributed by atoms with van der Waals surface area (Å²) >= 11 is 6.04. The lowest BCUT2D eigenvalue weighted by molar-refractivity contribution is -0.119. The number of amides is 2. The van der Waals surface area contributed by atoms with Gasteiger partial charge in [-0.1, -0.05) is 17.7 Å². The number of aryl methyl sites for hydroxylation is 1. The Hall–Kier alpha value is -3.06. The standard InChI is InChI=1S/C21H20ClN3O4/c1-12-4-6-14(10-15(12)22)23-19(26)11-29-21(28)13-5-7-17-16(9-13)24-20(27)18-3-2-8-25(17)18/h4-7,9-10,18H,2-3,8,11H2,1H3,(H,23,26)(H,24,27)/t18-/m0/s1. The molecular formula is C21H20ClN3O4. The van der Waals surface area contributed by atoms with Gasteiger partial charge in [-0.05, 0) is 55.7 Å². The van der Waals surface area contributed by atoms with Crippen LogP contribution in [0.5, 0.6) is 0 Å². The Morgan fingerprint density at radius 2 is 2.10 bits per heavy atom. The number of hydrogen-bond acceptors (Lipinski definition) is 5. The summed E-state index contributed by atoms with van der Waals surface area (Å²) in [7, 11) is 0. The number of hydrogen-bond donors (Lipinski definition) is 2. The number of benzene rings is 2. The van der Waals surface area contributed by atoms with Gasteiger partial charge >= 0.3 is 5.97 Å². The molecule has 29 heavy (non-hydrogen) atoms. The highest BCUT2D eigenvalue weighted by atomic mass is 35.5. The first-order chi connectivity index (χ1) is 13.9. The lowest BCUT2D eigenvalue weighted by atomic mass is 10.1. The quantitative estimate of drug-likeness (QED) is 0.750. The molecule has 7 nitrogen and oxygen atoms in total. The van der Waals surface area contributed by atoms with Crippen molar-refractivity contribution in [3.8, 4) is 0 Å². The van der Waals surface area contributed by atoms with E-state index in [9.17, 15) is 14.4 Å². The second-order valence-electron chi connectivity index (χ2n) is 7.16. The fourth-order valence-electron chi connectivity index (χ4n) is 3.64. The Bertz CT molecular complexity index is 1010. The molecule has 8 heteroatoms. The van der Waals surface area contributed by atoms with Gasteiger partial charge in [-0.3, -0.25) is 9.59 Å². The fourth-order valence-corrected chi connectivity index (χ4v) is 3.82. The fraction of sp³-hybridized carbons (Fsp3) is 0.286. The van der Waals surface area contributed by atoms with Crippen LogP contribution in [0.4, 0.5) is 17.1 Å². The molecular weight excluding hydrogens is 394 g/mol. The average molecular weight is 414 g/mol. The second kappa shape index (κ2) is 7.75. The number of halogens is 1. The lowest BCUT2D eigenvalue weighted by Gasteiger charge is -2.33. The lowest BCUT2D eigenvalue weighted by Crippen LogP contribution is -2.43. The number of nitrogens with one attached hydrogen (secondary N) is 2. The summed E-state index contributed by atoms with van der Waals surface area (Å²) in [5, 5.41) is 6.03. The monoisotopic (exact) mass is 413 g/mol. The van der Waals surface area contributed by atoms with E-state index < -0.39 is 18.5 Å². The highest BCUT2D eigenvalue weighted by molar-refractivity contribution is 6.31. The van der Waals surface area contributed by atoms with E-state index >= 15 is 0 Å². The number of carbonyl (C=O) groups excluding carboxylic acids is 3. The zero-order valence-electron chi connectivity index (χ0n) is 15.8. The molecule has 0 unspecified atom stereocenters. The minimum Gasteiger partial charge on any atom is -0.452 e. The molecule has 2 aromatic rings. The number of carbonyl (C=O) groups is 3. The van der Waals surface area contributed by atoms with Crippen molar-refractivity contribution in [2.24, 2.45) is 0 Å². The van der Waals surface area contributed by atoms with E-state index in [0.29, 0.717) is 16.4 Å². The van der Waals surface area contributed by atoms with Crippen LogP contribution < -0.4 is 15.5 Å². The molecule has 0 bridgehead atoms. The first kappa shape index (κ1) is 19.3. The molecule has 4 rings (SSSR count). The first-order valence-corrected chi connectivity index (χ1v) is 9.75. The van der Waals surface area contributed by atoms with Crippen LogP contribution >= 0.6 is 11.6 Å². The zero-order valence-corrected chi connectivity index (χ0v) is 16.6. The van der Waals surface area contributed by atoms with E-state index in [2.05, 4.69) is 15.5 Å². The van der Waals surface area contributed by atoms with Crippen LogP contribution in [0.25, 0.3) is 0 Å². The van der Waals surface area contributed by atoms with Crippen LogP contribution in [0.3, 0.4) is 0 Å². The van der Waals surface area contributed by atoms with Gasteiger partial charge in [0.1, 0.15) is 6.04 Å². The third kappa shape index (κ3) is 3.91. The third-order valence-corrected chi connectivity index (χ3v) is 5.55. The maximum absolute atomic E-state index is 12.3. The van der Waals surface area contributed by atoms with Crippen molar-refractivity contribution in [3.05, 3.63) is 52.5 Å². The van der Waals surface area contributed by atoms with Crippen LogP contribution in [-0.2, 0) is 14.3 Å². The van der Waals surface area contributed by atoms with E-state index in [1.165, 1.54) is 0 Å². The molecule has 150 valence electrons. The van der Waals surface area contributed by atoms with Gasteiger partial charge in [0, 0.05) is 17.3 Å². The van der Waals surface area contributed by atoms with Crippen molar-refractivity contribution in [2.45, 2.75) is 25.8 Å². The molecule has 1 atom stereocenters. The molecule has 1 saturated heterocycles. The van der Waals surface area contributed by atoms with Gasteiger partial charge in [-0.25, -0.2) is 4.79 Å². The molecule has 0 aromatic heterocycles. The molecule has 2 aliphatic heterocycles. The first-order valence-electron chi connectivity index (χ1n) is 9.37. The summed E-state index contributed by atoms with van der Waals surface area (Å²) < 4.78 is 5.11. The Balaban J connectivity index is 1.39. The van der Waals surface area contributed by atoms with Gasteiger partial charge in [0.2, 0.25) is 5.91 Å². The molecule has 2 N–H and O–H groups in total. The average Bonchev–Trinajstić information content (AvgIpc) is 3.19. The van der Waals surface area contributed by atoms with E-state index in [-0.39, 0.29) is 17.5 Å². The number of esters is 1. The molecule has 2 aliphatic rings. The summed E-state index contributed by atoms with van der Waals surface area (Å²) in [5.41, 5.74) is 3.18. The molecule has 0 spiro atoms. The molecule has 2 aromatic carbocycles. The highest BCUT2D eigenvalue weighted by Gasteiger charge is 2.36. The van der Waals surface area contributed by atoms with Crippen molar-refractivity contribution in [1.29, 1.82) is 0 Å². The molecule has 2 amide bonds. The largest absolute Gasteiger partial charge is 0.452 e. The number of anilines is 3. The predicted molar refractivity (Wildman–Crippen MR) is 111 cm³/mol. The summed E-state index contributed by atoms with van der Waals surface area (Å²) in [4.78, 5) is 38.7. The van der Waals surface area contributed by atoms with Crippen molar-refractivity contribution >= 4 is 46.4 Å². The Kier molecular flexibility index (Phi) is 5.15. The predicted octanol–water partition coefficient (Wildman–Crippen LogP) is 3.36. The Labute approximate surface area is 173 Å². The topological polar surface area (TPSA) is 87.7 Å². The van der Waals surface area contributed by atoms with Crippen LogP contribution in [0.15, 0.2) is 36.4 Å². The van der Waals surface area contributed by atoms with Crippen molar-refractivity contribution in [1.82, 2.24) is 0 Å². The summed E-state index contributed by atoms with van der Waals surface area (Å²) in [6, 6.07) is 10.0. The summed E-state index contributed by atoms with van der Waals surface area (Å²) in [5.74, 6) is -1.16. The Morgan fingerprint density at radius 3 is 2.90 bits per heavy atom. The number of ether oxygens (including phenoxy) is 1.